The zero-order valence-electron chi connectivity index (χ0n) is 12.9. The van der Waals surface area contributed by atoms with Crippen LogP contribution in [0.3, 0.4) is 0 Å². The molecule has 0 radical (unpaired) electrons. The number of rotatable bonds is 4. The maximum absolute atomic E-state index is 13.4. The summed E-state index contributed by atoms with van der Waals surface area (Å²) in [5, 5.41) is 12.6. The Labute approximate surface area is 138 Å². The Balaban J connectivity index is 1.85. The molecule has 2 N–H and O–H groups in total. The molecular formula is C18H18F3NO2. The number of ether oxygens (including phenoxy) is 1. The van der Waals surface area contributed by atoms with Crippen LogP contribution in [0.4, 0.5) is 13.2 Å². The van der Waals surface area contributed by atoms with E-state index in [1.807, 2.05) is 0 Å². The molecule has 2 aromatic carbocycles. The fourth-order valence-corrected chi connectivity index (χ4v) is 2.80. The highest BCUT2D eigenvalue weighted by atomic mass is 19.4. The van der Waals surface area contributed by atoms with Crippen molar-refractivity contribution in [1.29, 1.82) is 0 Å². The van der Waals surface area contributed by atoms with Crippen molar-refractivity contribution in [1.82, 2.24) is 5.32 Å². The second-order valence-electron chi connectivity index (χ2n) is 5.82. The number of benzene rings is 2. The van der Waals surface area contributed by atoms with E-state index in [2.05, 4.69) is 5.32 Å². The Hall–Kier alpha value is -1.89. The van der Waals surface area contributed by atoms with Crippen molar-refractivity contribution in [3.8, 4) is 11.1 Å². The van der Waals surface area contributed by atoms with Crippen molar-refractivity contribution < 1.29 is 23.0 Å². The van der Waals surface area contributed by atoms with Crippen LogP contribution in [-0.4, -0.2) is 30.4 Å². The lowest BCUT2D eigenvalue weighted by molar-refractivity contribution is -0.137. The van der Waals surface area contributed by atoms with E-state index in [-0.39, 0.29) is 12.2 Å². The number of β-amino-alcohol motifs (C(OH)–C–C–N with tert-alkyl or cyclic N) is 1. The molecule has 0 amide bonds. The van der Waals surface area contributed by atoms with Crippen LogP contribution in [0.15, 0.2) is 48.5 Å². The van der Waals surface area contributed by atoms with Crippen molar-refractivity contribution >= 4 is 0 Å². The van der Waals surface area contributed by atoms with Crippen molar-refractivity contribution in [2.75, 3.05) is 13.1 Å². The van der Waals surface area contributed by atoms with E-state index in [0.29, 0.717) is 24.2 Å². The highest BCUT2D eigenvalue weighted by molar-refractivity contribution is 5.68. The fraction of sp³-hybridized carbons (Fsp3) is 0.333. The van der Waals surface area contributed by atoms with Crippen LogP contribution in [0.2, 0.25) is 0 Å². The molecule has 3 nitrogen and oxygen atoms in total. The molecule has 0 bridgehead atoms. The lowest BCUT2D eigenvalue weighted by Crippen LogP contribution is -2.26. The van der Waals surface area contributed by atoms with Gasteiger partial charge in [-0.25, -0.2) is 0 Å². The van der Waals surface area contributed by atoms with Crippen LogP contribution in [0.25, 0.3) is 11.1 Å². The van der Waals surface area contributed by atoms with Gasteiger partial charge in [0.15, 0.2) is 0 Å². The summed E-state index contributed by atoms with van der Waals surface area (Å²) >= 11 is 0. The van der Waals surface area contributed by atoms with Crippen molar-refractivity contribution in [3.05, 3.63) is 59.7 Å². The van der Waals surface area contributed by atoms with Gasteiger partial charge in [-0.1, -0.05) is 42.5 Å². The Kier molecular flexibility index (Phi) is 4.89. The van der Waals surface area contributed by atoms with Gasteiger partial charge in [0.1, 0.15) is 0 Å². The van der Waals surface area contributed by atoms with Gasteiger partial charge in [0.2, 0.25) is 0 Å². The first-order valence-electron chi connectivity index (χ1n) is 7.71. The number of hydrogen-bond donors (Lipinski definition) is 2. The van der Waals surface area contributed by atoms with Gasteiger partial charge in [-0.2, -0.15) is 13.2 Å². The van der Waals surface area contributed by atoms with Gasteiger partial charge in [0, 0.05) is 13.1 Å². The Morgan fingerprint density at radius 2 is 1.83 bits per heavy atom. The molecule has 6 heteroatoms. The van der Waals surface area contributed by atoms with Gasteiger partial charge < -0.3 is 15.2 Å². The summed E-state index contributed by atoms with van der Waals surface area (Å²) in [5.41, 5.74) is 0.420. The molecule has 24 heavy (non-hydrogen) atoms. The van der Waals surface area contributed by atoms with Crippen molar-refractivity contribution in [2.24, 2.45) is 0 Å². The third-order valence-corrected chi connectivity index (χ3v) is 4.07. The van der Waals surface area contributed by atoms with Crippen LogP contribution in [-0.2, 0) is 17.5 Å². The summed E-state index contributed by atoms with van der Waals surface area (Å²) in [4.78, 5) is 0. The average molecular weight is 337 g/mol. The lowest BCUT2D eigenvalue weighted by atomic mass is 9.97. The Bertz CT molecular complexity index is 688. The topological polar surface area (TPSA) is 41.5 Å². The number of alkyl halides is 3. The van der Waals surface area contributed by atoms with E-state index < -0.39 is 23.9 Å². The summed E-state index contributed by atoms with van der Waals surface area (Å²) in [6.07, 6.45) is -5.47. The van der Waals surface area contributed by atoms with Crippen LogP contribution in [0.5, 0.6) is 0 Å². The fourth-order valence-electron chi connectivity index (χ4n) is 2.80. The molecule has 2 atom stereocenters. The molecule has 128 valence electrons. The van der Waals surface area contributed by atoms with Crippen LogP contribution in [0, 0.1) is 0 Å². The first kappa shape index (κ1) is 17.0. The third kappa shape index (κ3) is 3.77. The molecule has 1 heterocycles. The molecule has 0 unspecified atom stereocenters. The molecule has 0 aliphatic carbocycles. The van der Waals surface area contributed by atoms with E-state index in [1.165, 1.54) is 6.07 Å². The molecule has 0 saturated carbocycles. The first-order valence-corrected chi connectivity index (χ1v) is 7.71. The standard InChI is InChI=1S/C18H18F3NO2/c19-18(20,21)15-8-12(11-24-17-10-22-9-16(17)23)6-7-14(15)13-4-2-1-3-5-13/h1-8,16-17,22-23H,9-11H2/t16-,17-/m0/s1. The van der Waals surface area contributed by atoms with E-state index >= 15 is 0 Å². The van der Waals surface area contributed by atoms with E-state index in [1.54, 1.807) is 36.4 Å². The van der Waals surface area contributed by atoms with Gasteiger partial charge in [-0.15, -0.1) is 0 Å². The summed E-state index contributed by atoms with van der Waals surface area (Å²) < 4.78 is 45.8. The molecule has 1 aliphatic rings. The minimum atomic E-state index is -4.45. The highest BCUT2D eigenvalue weighted by Crippen LogP contribution is 2.37. The monoisotopic (exact) mass is 337 g/mol. The molecule has 2 aromatic rings. The molecule has 0 spiro atoms. The summed E-state index contributed by atoms with van der Waals surface area (Å²) in [5.74, 6) is 0. The molecular weight excluding hydrogens is 319 g/mol. The normalized spacial score (nSPS) is 21.2. The third-order valence-electron chi connectivity index (χ3n) is 4.07. The highest BCUT2D eigenvalue weighted by Gasteiger charge is 2.34. The Morgan fingerprint density at radius 1 is 1.08 bits per heavy atom. The van der Waals surface area contributed by atoms with E-state index in [4.69, 9.17) is 4.74 Å². The van der Waals surface area contributed by atoms with Gasteiger partial charge >= 0.3 is 6.18 Å². The van der Waals surface area contributed by atoms with Gasteiger partial charge in [0.05, 0.1) is 24.4 Å². The SMILES string of the molecule is O[C@H]1CNC[C@@H]1OCc1ccc(-c2ccccc2)c(C(F)(F)F)c1. The zero-order valence-corrected chi connectivity index (χ0v) is 12.9. The van der Waals surface area contributed by atoms with Gasteiger partial charge in [-0.05, 0) is 22.8 Å². The number of halogens is 3. The number of hydrogen-bond acceptors (Lipinski definition) is 3. The molecule has 1 aliphatic heterocycles. The van der Waals surface area contributed by atoms with Crippen molar-refractivity contribution in [2.45, 2.75) is 25.0 Å². The summed E-state index contributed by atoms with van der Waals surface area (Å²) in [6, 6.07) is 12.7. The van der Waals surface area contributed by atoms with Gasteiger partial charge in [-0.3, -0.25) is 0 Å². The summed E-state index contributed by atoms with van der Waals surface area (Å²) in [6.45, 7) is 0.961. The lowest BCUT2D eigenvalue weighted by Gasteiger charge is -2.17. The number of aliphatic hydroxyl groups excluding tert-OH is 1. The zero-order chi connectivity index (χ0) is 17.2. The summed E-state index contributed by atoms with van der Waals surface area (Å²) in [7, 11) is 0. The second-order valence-corrected chi connectivity index (χ2v) is 5.82. The molecule has 0 aromatic heterocycles. The van der Waals surface area contributed by atoms with E-state index in [9.17, 15) is 18.3 Å². The minimum absolute atomic E-state index is 0.0293. The minimum Gasteiger partial charge on any atom is -0.389 e. The molecule has 1 saturated heterocycles. The van der Waals surface area contributed by atoms with Crippen molar-refractivity contribution in [3.63, 3.8) is 0 Å². The van der Waals surface area contributed by atoms with E-state index in [0.717, 1.165) is 6.07 Å². The molecule has 3 rings (SSSR count). The predicted molar refractivity (Wildman–Crippen MR) is 84.3 cm³/mol. The van der Waals surface area contributed by atoms with Crippen LogP contribution in [0.1, 0.15) is 11.1 Å². The van der Waals surface area contributed by atoms with Crippen LogP contribution < -0.4 is 5.32 Å². The largest absolute Gasteiger partial charge is 0.417 e. The van der Waals surface area contributed by atoms with Gasteiger partial charge in [0.25, 0.3) is 0 Å². The predicted octanol–water partition coefficient (Wildman–Crippen LogP) is 3.22. The quantitative estimate of drug-likeness (QED) is 0.900. The average Bonchev–Trinajstić information content (AvgIpc) is 2.98. The second kappa shape index (κ2) is 6.93. The molecule has 1 fully saturated rings. The number of nitrogens with one attached hydrogen (secondary N) is 1. The maximum atomic E-state index is 13.4. The first-order chi connectivity index (χ1) is 11.4. The smallest absolute Gasteiger partial charge is 0.389 e. The number of aliphatic hydroxyl groups is 1. The van der Waals surface area contributed by atoms with Crippen LogP contribution >= 0.6 is 0 Å². The Morgan fingerprint density at radius 3 is 2.46 bits per heavy atom. The maximum Gasteiger partial charge on any atom is 0.417 e.